The minimum absolute atomic E-state index is 0.176. The summed E-state index contributed by atoms with van der Waals surface area (Å²) >= 11 is 0. The predicted molar refractivity (Wildman–Crippen MR) is 75.7 cm³/mol. The van der Waals surface area contributed by atoms with Crippen LogP contribution in [0, 0.1) is 13.8 Å². The van der Waals surface area contributed by atoms with Gasteiger partial charge in [0.1, 0.15) is 0 Å². The van der Waals surface area contributed by atoms with Gasteiger partial charge in [0.05, 0.1) is 11.7 Å². The van der Waals surface area contributed by atoms with Crippen molar-refractivity contribution < 1.29 is 0 Å². The van der Waals surface area contributed by atoms with Crippen LogP contribution >= 0.6 is 0 Å². The third-order valence-corrected chi connectivity index (χ3v) is 3.02. The summed E-state index contributed by atoms with van der Waals surface area (Å²) in [6.07, 6.45) is 1.88. The molecule has 0 radical (unpaired) electrons. The van der Waals surface area contributed by atoms with Gasteiger partial charge in [-0.15, -0.1) is 0 Å². The Balaban J connectivity index is 2.39. The molecule has 94 valence electrons. The van der Waals surface area contributed by atoms with Gasteiger partial charge in [0, 0.05) is 6.20 Å². The summed E-state index contributed by atoms with van der Waals surface area (Å²) < 4.78 is 0. The van der Waals surface area contributed by atoms with E-state index in [4.69, 9.17) is 0 Å². The van der Waals surface area contributed by atoms with Crippen molar-refractivity contribution >= 4 is 0 Å². The van der Waals surface area contributed by atoms with E-state index in [9.17, 15) is 0 Å². The van der Waals surface area contributed by atoms with Gasteiger partial charge in [-0.1, -0.05) is 36.8 Å². The molecule has 1 aromatic heterocycles. The minimum atomic E-state index is 0.176. The summed E-state index contributed by atoms with van der Waals surface area (Å²) in [4.78, 5) is 4.50. The molecule has 0 aliphatic heterocycles. The zero-order chi connectivity index (χ0) is 13.0. The van der Waals surface area contributed by atoms with Crippen LogP contribution < -0.4 is 5.32 Å². The molecule has 0 aliphatic rings. The van der Waals surface area contributed by atoms with E-state index in [0.717, 1.165) is 12.2 Å². The molecule has 2 nitrogen and oxygen atoms in total. The predicted octanol–water partition coefficient (Wildman–Crippen LogP) is 3.40. The molecule has 2 aromatic rings. The standard InChI is InChI=1S/C16H20N2/c1-4-17-16(14-7-5-6-12(2)10-14)15-11-13(3)8-9-18-15/h5-11,16-17H,4H2,1-3H3. The highest BCUT2D eigenvalue weighted by Gasteiger charge is 2.14. The first-order valence-corrected chi connectivity index (χ1v) is 6.43. The average molecular weight is 240 g/mol. The highest BCUT2D eigenvalue weighted by molar-refractivity contribution is 5.32. The molecule has 2 heteroatoms. The Kier molecular flexibility index (Phi) is 4.11. The molecule has 1 aromatic carbocycles. The normalized spacial score (nSPS) is 12.4. The molecule has 0 amide bonds. The molecule has 2 rings (SSSR count). The zero-order valence-corrected chi connectivity index (χ0v) is 11.3. The molecule has 1 N–H and O–H groups in total. The van der Waals surface area contributed by atoms with E-state index in [2.05, 4.69) is 61.4 Å². The van der Waals surface area contributed by atoms with Crippen LogP contribution in [0.1, 0.15) is 35.3 Å². The SMILES string of the molecule is CCNC(c1cccc(C)c1)c1cc(C)ccn1. The maximum Gasteiger partial charge on any atom is 0.0751 e. The van der Waals surface area contributed by atoms with Crippen molar-refractivity contribution in [3.8, 4) is 0 Å². The second-order valence-electron chi connectivity index (χ2n) is 4.66. The largest absolute Gasteiger partial charge is 0.305 e. The fraction of sp³-hybridized carbons (Fsp3) is 0.312. The number of rotatable bonds is 4. The monoisotopic (exact) mass is 240 g/mol. The second kappa shape index (κ2) is 5.78. The van der Waals surface area contributed by atoms with Gasteiger partial charge in [-0.2, -0.15) is 0 Å². The Labute approximate surface area is 109 Å². The first-order valence-electron chi connectivity index (χ1n) is 6.43. The molecule has 18 heavy (non-hydrogen) atoms. The maximum atomic E-state index is 4.50. The molecule has 1 unspecified atom stereocenters. The summed E-state index contributed by atoms with van der Waals surface area (Å²) in [6, 6.07) is 13.0. The Morgan fingerprint density at radius 2 is 1.89 bits per heavy atom. The highest BCUT2D eigenvalue weighted by atomic mass is 14.9. The van der Waals surface area contributed by atoms with E-state index in [-0.39, 0.29) is 6.04 Å². The summed E-state index contributed by atoms with van der Waals surface area (Å²) in [5, 5.41) is 3.51. The van der Waals surface area contributed by atoms with Crippen molar-refractivity contribution in [2.75, 3.05) is 6.54 Å². The number of hydrogen-bond acceptors (Lipinski definition) is 2. The van der Waals surface area contributed by atoms with Gasteiger partial charge in [-0.05, 0) is 43.7 Å². The van der Waals surface area contributed by atoms with Gasteiger partial charge >= 0.3 is 0 Å². The minimum Gasteiger partial charge on any atom is -0.305 e. The van der Waals surface area contributed by atoms with E-state index < -0.39 is 0 Å². The van der Waals surface area contributed by atoms with Crippen molar-refractivity contribution in [3.63, 3.8) is 0 Å². The van der Waals surface area contributed by atoms with Crippen molar-refractivity contribution in [1.29, 1.82) is 0 Å². The molecular weight excluding hydrogens is 220 g/mol. The number of nitrogens with zero attached hydrogens (tertiary/aromatic N) is 1. The molecule has 1 atom stereocenters. The topological polar surface area (TPSA) is 24.9 Å². The summed E-state index contributed by atoms with van der Waals surface area (Å²) in [7, 11) is 0. The lowest BCUT2D eigenvalue weighted by molar-refractivity contribution is 0.615. The van der Waals surface area contributed by atoms with E-state index in [1.165, 1.54) is 16.7 Å². The van der Waals surface area contributed by atoms with Gasteiger partial charge < -0.3 is 5.32 Å². The van der Waals surface area contributed by atoms with Crippen molar-refractivity contribution in [3.05, 3.63) is 65.0 Å². The van der Waals surface area contributed by atoms with Crippen molar-refractivity contribution in [2.24, 2.45) is 0 Å². The summed E-state index contributed by atoms with van der Waals surface area (Å²) in [5.41, 5.74) is 4.89. The fourth-order valence-corrected chi connectivity index (χ4v) is 2.16. The molecule has 0 bridgehead atoms. The van der Waals surface area contributed by atoms with E-state index in [0.29, 0.717) is 0 Å². The van der Waals surface area contributed by atoms with E-state index in [1.807, 2.05) is 12.3 Å². The Bertz CT molecular complexity index is 475. The van der Waals surface area contributed by atoms with Crippen molar-refractivity contribution in [2.45, 2.75) is 26.8 Å². The number of hydrogen-bond donors (Lipinski definition) is 1. The molecule has 1 heterocycles. The fourth-order valence-electron chi connectivity index (χ4n) is 2.16. The number of pyridine rings is 1. The van der Waals surface area contributed by atoms with Crippen LogP contribution in [-0.4, -0.2) is 11.5 Å². The quantitative estimate of drug-likeness (QED) is 0.886. The molecule has 0 spiro atoms. The molecule has 0 fully saturated rings. The van der Waals surface area contributed by atoms with Gasteiger partial charge in [-0.3, -0.25) is 4.98 Å². The molecule has 0 aliphatic carbocycles. The lowest BCUT2D eigenvalue weighted by Gasteiger charge is -2.18. The smallest absolute Gasteiger partial charge is 0.0751 e. The van der Waals surface area contributed by atoms with E-state index >= 15 is 0 Å². The van der Waals surface area contributed by atoms with Crippen LogP contribution in [0.4, 0.5) is 0 Å². The Morgan fingerprint density at radius 3 is 2.56 bits per heavy atom. The molecule has 0 saturated heterocycles. The summed E-state index contributed by atoms with van der Waals surface area (Å²) in [6.45, 7) is 7.27. The van der Waals surface area contributed by atoms with Crippen LogP contribution in [0.2, 0.25) is 0 Å². The van der Waals surface area contributed by atoms with Crippen LogP contribution in [0.25, 0.3) is 0 Å². The first-order chi connectivity index (χ1) is 8.70. The highest BCUT2D eigenvalue weighted by Crippen LogP contribution is 2.21. The molecular formula is C16H20N2. The maximum absolute atomic E-state index is 4.50. The lowest BCUT2D eigenvalue weighted by atomic mass is 10.0. The van der Waals surface area contributed by atoms with Gasteiger partial charge in [0.2, 0.25) is 0 Å². The Morgan fingerprint density at radius 1 is 1.11 bits per heavy atom. The van der Waals surface area contributed by atoms with Crippen LogP contribution in [0.3, 0.4) is 0 Å². The van der Waals surface area contributed by atoms with Crippen molar-refractivity contribution in [1.82, 2.24) is 10.3 Å². The van der Waals surface area contributed by atoms with Gasteiger partial charge in [0.25, 0.3) is 0 Å². The third kappa shape index (κ3) is 2.96. The second-order valence-corrected chi connectivity index (χ2v) is 4.66. The summed E-state index contributed by atoms with van der Waals surface area (Å²) in [5.74, 6) is 0. The number of aromatic nitrogens is 1. The average Bonchev–Trinajstić information content (AvgIpc) is 2.36. The number of benzene rings is 1. The van der Waals surface area contributed by atoms with E-state index in [1.54, 1.807) is 0 Å². The number of nitrogens with one attached hydrogen (secondary N) is 1. The first kappa shape index (κ1) is 12.8. The number of aryl methyl sites for hydroxylation is 2. The van der Waals surface area contributed by atoms with Gasteiger partial charge in [-0.25, -0.2) is 0 Å². The van der Waals surface area contributed by atoms with Crippen LogP contribution in [-0.2, 0) is 0 Å². The third-order valence-electron chi connectivity index (χ3n) is 3.02. The Hall–Kier alpha value is -1.67. The zero-order valence-electron chi connectivity index (χ0n) is 11.3. The van der Waals surface area contributed by atoms with Crippen LogP contribution in [0.15, 0.2) is 42.6 Å². The lowest BCUT2D eigenvalue weighted by Crippen LogP contribution is -2.23. The van der Waals surface area contributed by atoms with Crippen LogP contribution in [0.5, 0.6) is 0 Å². The molecule has 0 saturated carbocycles. The van der Waals surface area contributed by atoms with Gasteiger partial charge in [0.15, 0.2) is 0 Å².